The molecule has 1 heterocycles. The maximum Gasteiger partial charge on any atom is 0.0991 e. The van der Waals surface area contributed by atoms with Gasteiger partial charge in [-0.3, -0.25) is 0 Å². The first kappa shape index (κ1) is 15.7. The quantitative estimate of drug-likeness (QED) is 0.720. The topological polar surface area (TPSA) is 33.1 Å². The SMILES string of the molecule is CCN(CC)CCCNCc1ccc(-n2ccnc2)cc1. The molecule has 4 heteroatoms. The summed E-state index contributed by atoms with van der Waals surface area (Å²) in [5.74, 6) is 0. The molecular formula is C17H26N4. The second kappa shape index (κ2) is 8.60. The van der Waals surface area contributed by atoms with E-state index in [1.54, 1.807) is 6.20 Å². The molecule has 2 aromatic rings. The van der Waals surface area contributed by atoms with Crippen LogP contribution in [-0.2, 0) is 6.54 Å². The van der Waals surface area contributed by atoms with Crippen LogP contribution in [0.1, 0.15) is 25.8 Å². The Kier molecular flexibility index (Phi) is 6.44. The molecule has 0 aliphatic rings. The fourth-order valence-corrected chi connectivity index (χ4v) is 2.40. The Morgan fingerprint density at radius 3 is 2.52 bits per heavy atom. The van der Waals surface area contributed by atoms with Crippen LogP contribution < -0.4 is 5.32 Å². The molecule has 0 amide bonds. The van der Waals surface area contributed by atoms with Gasteiger partial charge in [0, 0.05) is 24.6 Å². The molecule has 0 radical (unpaired) electrons. The fraction of sp³-hybridized carbons (Fsp3) is 0.471. The number of hydrogen-bond donors (Lipinski definition) is 1. The third-order valence-electron chi connectivity index (χ3n) is 3.79. The van der Waals surface area contributed by atoms with Gasteiger partial charge in [0.2, 0.25) is 0 Å². The molecule has 1 aromatic heterocycles. The third-order valence-corrected chi connectivity index (χ3v) is 3.79. The molecule has 1 N–H and O–H groups in total. The molecule has 4 nitrogen and oxygen atoms in total. The number of nitrogens with one attached hydrogen (secondary N) is 1. The number of rotatable bonds is 9. The lowest BCUT2D eigenvalue weighted by atomic mass is 10.2. The van der Waals surface area contributed by atoms with Gasteiger partial charge in [0.1, 0.15) is 0 Å². The van der Waals surface area contributed by atoms with E-state index >= 15 is 0 Å². The first-order valence-electron chi connectivity index (χ1n) is 7.83. The largest absolute Gasteiger partial charge is 0.313 e. The second-order valence-electron chi connectivity index (χ2n) is 5.19. The minimum atomic E-state index is 0.933. The number of nitrogens with zero attached hydrogens (tertiary/aromatic N) is 3. The number of hydrogen-bond acceptors (Lipinski definition) is 3. The zero-order valence-electron chi connectivity index (χ0n) is 13.1. The van der Waals surface area contributed by atoms with Crippen LogP contribution in [-0.4, -0.2) is 40.6 Å². The van der Waals surface area contributed by atoms with E-state index in [2.05, 4.69) is 53.3 Å². The minimum Gasteiger partial charge on any atom is -0.313 e. The molecule has 0 fully saturated rings. The van der Waals surface area contributed by atoms with Gasteiger partial charge in [-0.2, -0.15) is 0 Å². The standard InChI is InChI=1S/C17H26N4/c1-3-20(4-2)12-5-10-18-14-16-6-8-17(9-7-16)21-13-11-19-15-21/h6-9,11,13,15,18H,3-5,10,12,14H2,1-2H3. The van der Waals surface area contributed by atoms with E-state index in [0.717, 1.165) is 31.9 Å². The molecule has 0 spiro atoms. The summed E-state index contributed by atoms with van der Waals surface area (Å²) in [5.41, 5.74) is 2.47. The highest BCUT2D eigenvalue weighted by Gasteiger charge is 1.99. The number of imidazole rings is 1. The van der Waals surface area contributed by atoms with Crippen LogP contribution >= 0.6 is 0 Å². The second-order valence-corrected chi connectivity index (χ2v) is 5.19. The predicted molar refractivity (Wildman–Crippen MR) is 87.7 cm³/mol. The van der Waals surface area contributed by atoms with Crippen LogP contribution in [0.5, 0.6) is 0 Å². The smallest absolute Gasteiger partial charge is 0.0991 e. The number of benzene rings is 1. The van der Waals surface area contributed by atoms with E-state index < -0.39 is 0 Å². The molecule has 0 aliphatic carbocycles. The van der Waals surface area contributed by atoms with Gasteiger partial charge in [-0.05, 0) is 50.3 Å². The van der Waals surface area contributed by atoms with Crippen LogP contribution in [0.2, 0.25) is 0 Å². The average Bonchev–Trinajstić information content (AvgIpc) is 3.06. The molecule has 0 aliphatic heterocycles. The van der Waals surface area contributed by atoms with Crippen molar-refractivity contribution in [1.82, 2.24) is 19.8 Å². The summed E-state index contributed by atoms with van der Waals surface area (Å²) in [6.07, 6.45) is 6.78. The molecule has 1 aromatic carbocycles. The van der Waals surface area contributed by atoms with Crippen molar-refractivity contribution in [2.75, 3.05) is 26.2 Å². The molecule has 2 rings (SSSR count). The van der Waals surface area contributed by atoms with Crippen molar-refractivity contribution in [2.24, 2.45) is 0 Å². The third kappa shape index (κ3) is 4.99. The first-order valence-corrected chi connectivity index (χ1v) is 7.83. The van der Waals surface area contributed by atoms with Gasteiger partial charge in [0.25, 0.3) is 0 Å². The van der Waals surface area contributed by atoms with E-state index in [9.17, 15) is 0 Å². The van der Waals surface area contributed by atoms with E-state index in [0.29, 0.717) is 0 Å². The van der Waals surface area contributed by atoms with Crippen molar-refractivity contribution >= 4 is 0 Å². The van der Waals surface area contributed by atoms with Gasteiger partial charge < -0.3 is 14.8 Å². The van der Waals surface area contributed by atoms with Gasteiger partial charge >= 0.3 is 0 Å². The summed E-state index contributed by atoms with van der Waals surface area (Å²) < 4.78 is 2.02. The van der Waals surface area contributed by atoms with Crippen LogP contribution in [0.3, 0.4) is 0 Å². The molecule has 0 atom stereocenters. The Bertz CT molecular complexity index is 486. The minimum absolute atomic E-state index is 0.933. The lowest BCUT2D eigenvalue weighted by molar-refractivity contribution is 0.298. The average molecular weight is 286 g/mol. The van der Waals surface area contributed by atoms with Gasteiger partial charge in [0.15, 0.2) is 0 Å². The molecule has 0 bridgehead atoms. The Labute approximate surface area is 127 Å². The van der Waals surface area contributed by atoms with Crippen molar-refractivity contribution in [3.05, 3.63) is 48.5 Å². The summed E-state index contributed by atoms with van der Waals surface area (Å²) in [4.78, 5) is 6.53. The zero-order chi connectivity index (χ0) is 14.9. The van der Waals surface area contributed by atoms with Crippen molar-refractivity contribution in [1.29, 1.82) is 0 Å². The molecular weight excluding hydrogens is 260 g/mol. The van der Waals surface area contributed by atoms with Gasteiger partial charge in [-0.1, -0.05) is 26.0 Å². The lowest BCUT2D eigenvalue weighted by Crippen LogP contribution is -2.27. The molecule has 114 valence electrons. The maximum absolute atomic E-state index is 4.07. The summed E-state index contributed by atoms with van der Waals surface area (Å²) in [6.45, 7) is 9.91. The van der Waals surface area contributed by atoms with Crippen molar-refractivity contribution in [3.8, 4) is 5.69 Å². The summed E-state index contributed by atoms with van der Waals surface area (Å²) >= 11 is 0. The van der Waals surface area contributed by atoms with Gasteiger partial charge in [-0.15, -0.1) is 0 Å². The van der Waals surface area contributed by atoms with Crippen LogP contribution in [0.25, 0.3) is 5.69 Å². The Morgan fingerprint density at radius 2 is 1.90 bits per heavy atom. The van der Waals surface area contributed by atoms with Gasteiger partial charge in [-0.25, -0.2) is 4.98 Å². The van der Waals surface area contributed by atoms with Crippen LogP contribution in [0, 0.1) is 0 Å². The van der Waals surface area contributed by atoms with Crippen molar-refractivity contribution in [2.45, 2.75) is 26.8 Å². The van der Waals surface area contributed by atoms with E-state index in [1.165, 1.54) is 18.5 Å². The van der Waals surface area contributed by atoms with Crippen LogP contribution in [0.4, 0.5) is 0 Å². The summed E-state index contributed by atoms with van der Waals surface area (Å²) in [6, 6.07) is 8.61. The Balaban J connectivity index is 1.69. The van der Waals surface area contributed by atoms with Crippen LogP contribution in [0.15, 0.2) is 43.0 Å². The first-order chi connectivity index (χ1) is 10.3. The van der Waals surface area contributed by atoms with Crippen molar-refractivity contribution < 1.29 is 0 Å². The highest BCUT2D eigenvalue weighted by molar-refractivity contribution is 5.34. The monoisotopic (exact) mass is 286 g/mol. The van der Waals surface area contributed by atoms with Gasteiger partial charge in [0.05, 0.1) is 6.33 Å². The van der Waals surface area contributed by atoms with Crippen molar-refractivity contribution in [3.63, 3.8) is 0 Å². The summed E-state index contributed by atoms with van der Waals surface area (Å²) in [5, 5.41) is 3.51. The maximum atomic E-state index is 4.07. The molecule has 21 heavy (non-hydrogen) atoms. The Morgan fingerprint density at radius 1 is 1.14 bits per heavy atom. The lowest BCUT2D eigenvalue weighted by Gasteiger charge is -2.17. The normalized spacial score (nSPS) is 11.2. The molecule has 0 saturated heterocycles. The highest BCUT2D eigenvalue weighted by Crippen LogP contribution is 2.09. The van der Waals surface area contributed by atoms with E-state index in [-0.39, 0.29) is 0 Å². The number of aromatic nitrogens is 2. The zero-order valence-corrected chi connectivity index (χ0v) is 13.1. The molecule has 0 saturated carbocycles. The Hall–Kier alpha value is -1.65. The highest BCUT2D eigenvalue weighted by atomic mass is 15.1. The predicted octanol–water partition coefficient (Wildman–Crippen LogP) is 2.69. The van der Waals surface area contributed by atoms with E-state index in [1.807, 2.05) is 17.1 Å². The van der Waals surface area contributed by atoms with E-state index in [4.69, 9.17) is 0 Å². The molecule has 0 unspecified atom stereocenters. The fourth-order valence-electron chi connectivity index (χ4n) is 2.40. The summed E-state index contributed by atoms with van der Waals surface area (Å²) in [7, 11) is 0.